The summed E-state index contributed by atoms with van der Waals surface area (Å²) in [5.74, 6) is -2.41. The number of carbonyl (C=O) groups is 2. The lowest BCUT2D eigenvalue weighted by molar-refractivity contribution is -0.140. The molecular weight excluding hydrogens is 308 g/mol. The SMILES string of the molecule is CCC(NC(=O)[C@@H]1C[C@H]1C(=O)O)c1cccc(S(N)(=O)=O)c1. The number of amides is 1. The molecule has 0 spiro atoms. The van der Waals surface area contributed by atoms with Gasteiger partial charge < -0.3 is 10.4 Å². The molecule has 22 heavy (non-hydrogen) atoms. The number of carboxylic acids is 1. The van der Waals surface area contributed by atoms with E-state index in [4.69, 9.17) is 10.2 Å². The van der Waals surface area contributed by atoms with E-state index in [1.165, 1.54) is 12.1 Å². The molecule has 1 aliphatic rings. The first kappa shape index (κ1) is 16.4. The van der Waals surface area contributed by atoms with Crippen molar-refractivity contribution >= 4 is 21.9 Å². The summed E-state index contributed by atoms with van der Waals surface area (Å²) in [5.41, 5.74) is 0.620. The minimum absolute atomic E-state index is 0.0208. The van der Waals surface area contributed by atoms with Crippen LogP contribution < -0.4 is 10.5 Å². The van der Waals surface area contributed by atoms with Gasteiger partial charge in [0.2, 0.25) is 15.9 Å². The number of aliphatic carboxylic acids is 1. The van der Waals surface area contributed by atoms with E-state index in [1.807, 2.05) is 6.92 Å². The minimum Gasteiger partial charge on any atom is -0.481 e. The van der Waals surface area contributed by atoms with E-state index in [9.17, 15) is 18.0 Å². The molecule has 0 saturated heterocycles. The Labute approximate surface area is 128 Å². The fraction of sp³-hybridized carbons (Fsp3) is 0.429. The van der Waals surface area contributed by atoms with E-state index >= 15 is 0 Å². The van der Waals surface area contributed by atoms with E-state index in [0.717, 1.165) is 0 Å². The van der Waals surface area contributed by atoms with Gasteiger partial charge in [0.1, 0.15) is 0 Å². The zero-order valence-electron chi connectivity index (χ0n) is 12.0. The molecule has 0 radical (unpaired) electrons. The molecule has 1 unspecified atom stereocenters. The van der Waals surface area contributed by atoms with E-state index in [1.54, 1.807) is 12.1 Å². The Bertz CT molecular complexity index is 701. The first-order valence-corrected chi connectivity index (χ1v) is 8.44. The van der Waals surface area contributed by atoms with Crippen molar-refractivity contribution in [3.8, 4) is 0 Å². The van der Waals surface area contributed by atoms with Crippen LogP contribution in [-0.4, -0.2) is 25.4 Å². The van der Waals surface area contributed by atoms with Crippen LogP contribution in [0.4, 0.5) is 0 Å². The van der Waals surface area contributed by atoms with Crippen LogP contribution in [-0.2, 0) is 19.6 Å². The van der Waals surface area contributed by atoms with Gasteiger partial charge in [-0.05, 0) is 30.5 Å². The summed E-state index contributed by atoms with van der Waals surface area (Å²) in [6, 6.07) is 5.68. The number of nitrogens with two attached hydrogens (primary N) is 1. The van der Waals surface area contributed by atoms with Crippen LogP contribution >= 0.6 is 0 Å². The van der Waals surface area contributed by atoms with Gasteiger partial charge in [0.15, 0.2) is 0 Å². The van der Waals surface area contributed by atoms with E-state index < -0.39 is 27.8 Å². The van der Waals surface area contributed by atoms with Crippen LogP contribution in [0.3, 0.4) is 0 Å². The monoisotopic (exact) mass is 326 g/mol. The third-order valence-corrected chi connectivity index (χ3v) is 4.67. The maximum Gasteiger partial charge on any atom is 0.307 e. The number of carboxylic acid groups (broad SMARTS) is 1. The van der Waals surface area contributed by atoms with Gasteiger partial charge in [-0.15, -0.1) is 0 Å². The Morgan fingerprint density at radius 2 is 2.09 bits per heavy atom. The Morgan fingerprint density at radius 1 is 1.41 bits per heavy atom. The van der Waals surface area contributed by atoms with Crippen molar-refractivity contribution in [2.24, 2.45) is 17.0 Å². The van der Waals surface area contributed by atoms with E-state index in [0.29, 0.717) is 18.4 Å². The molecule has 1 amide bonds. The van der Waals surface area contributed by atoms with Crippen molar-refractivity contribution in [2.75, 3.05) is 0 Å². The highest BCUT2D eigenvalue weighted by atomic mass is 32.2. The fourth-order valence-corrected chi connectivity index (χ4v) is 2.93. The van der Waals surface area contributed by atoms with Crippen LogP contribution in [0.15, 0.2) is 29.2 Å². The summed E-state index contributed by atoms with van der Waals surface area (Å²) in [6.45, 7) is 1.84. The van der Waals surface area contributed by atoms with Gasteiger partial charge >= 0.3 is 5.97 Å². The molecule has 1 aromatic carbocycles. The number of nitrogens with one attached hydrogen (secondary N) is 1. The summed E-state index contributed by atoms with van der Waals surface area (Å²) in [7, 11) is -3.81. The molecule has 0 heterocycles. The van der Waals surface area contributed by atoms with Crippen LogP contribution in [0.5, 0.6) is 0 Å². The minimum atomic E-state index is -3.81. The van der Waals surface area contributed by atoms with Crippen LogP contribution in [0.2, 0.25) is 0 Å². The lowest BCUT2D eigenvalue weighted by Gasteiger charge is -2.18. The molecule has 1 fully saturated rings. The zero-order chi connectivity index (χ0) is 16.5. The standard InChI is InChI=1S/C14H18N2O5S/c1-2-12(16-13(17)10-7-11(10)14(18)19)8-4-3-5-9(6-8)22(15,20)21/h3-6,10-12H,2,7H2,1H3,(H,16,17)(H,18,19)(H2,15,20,21)/t10-,11-,12?/m1/s1. The molecule has 4 N–H and O–H groups in total. The highest BCUT2D eigenvalue weighted by Gasteiger charge is 2.48. The molecule has 7 nitrogen and oxygen atoms in total. The number of hydrogen-bond donors (Lipinski definition) is 3. The Hall–Kier alpha value is -1.93. The van der Waals surface area contributed by atoms with Crippen molar-refractivity contribution < 1.29 is 23.1 Å². The highest BCUT2D eigenvalue weighted by Crippen LogP contribution is 2.39. The van der Waals surface area contributed by atoms with Gasteiger partial charge in [0.25, 0.3) is 0 Å². The van der Waals surface area contributed by atoms with Crippen molar-refractivity contribution in [1.82, 2.24) is 5.32 Å². The Morgan fingerprint density at radius 3 is 2.59 bits per heavy atom. The zero-order valence-corrected chi connectivity index (χ0v) is 12.8. The molecule has 1 aromatic rings. The smallest absolute Gasteiger partial charge is 0.307 e. The molecule has 0 bridgehead atoms. The molecule has 120 valence electrons. The first-order chi connectivity index (χ1) is 10.2. The molecule has 2 rings (SSSR count). The largest absolute Gasteiger partial charge is 0.481 e. The molecule has 3 atom stereocenters. The quantitative estimate of drug-likeness (QED) is 0.706. The van der Waals surface area contributed by atoms with Crippen molar-refractivity contribution in [1.29, 1.82) is 0 Å². The lowest BCUT2D eigenvalue weighted by Crippen LogP contribution is -2.30. The third kappa shape index (κ3) is 3.63. The topological polar surface area (TPSA) is 127 Å². The summed E-state index contributed by atoms with van der Waals surface area (Å²) in [5, 5.41) is 16.7. The maximum absolute atomic E-state index is 12.0. The molecule has 8 heteroatoms. The summed E-state index contributed by atoms with van der Waals surface area (Å²) < 4.78 is 22.8. The van der Waals surface area contributed by atoms with Gasteiger partial charge in [-0.1, -0.05) is 19.1 Å². The van der Waals surface area contributed by atoms with Gasteiger partial charge in [-0.3, -0.25) is 9.59 Å². The van der Waals surface area contributed by atoms with Gasteiger partial charge in [-0.2, -0.15) is 0 Å². The lowest BCUT2D eigenvalue weighted by atomic mass is 10.0. The predicted molar refractivity (Wildman–Crippen MR) is 78.2 cm³/mol. The van der Waals surface area contributed by atoms with Crippen LogP contribution in [0, 0.1) is 11.8 Å². The first-order valence-electron chi connectivity index (χ1n) is 6.90. The molecule has 0 aliphatic heterocycles. The van der Waals surface area contributed by atoms with Crippen LogP contribution in [0.1, 0.15) is 31.4 Å². The molecule has 0 aromatic heterocycles. The Kier molecular flexibility index (Phi) is 4.52. The van der Waals surface area contributed by atoms with Crippen molar-refractivity contribution in [3.63, 3.8) is 0 Å². The van der Waals surface area contributed by atoms with Gasteiger partial charge in [0, 0.05) is 0 Å². The maximum atomic E-state index is 12.0. The predicted octanol–water partition coefficient (Wildman–Crippen LogP) is 0.622. The summed E-state index contributed by atoms with van der Waals surface area (Å²) >= 11 is 0. The summed E-state index contributed by atoms with van der Waals surface area (Å²) in [4.78, 5) is 22.8. The average Bonchev–Trinajstić information content (AvgIpc) is 3.24. The second kappa shape index (κ2) is 6.05. The number of rotatable bonds is 6. The van der Waals surface area contributed by atoms with Crippen LogP contribution in [0.25, 0.3) is 0 Å². The average molecular weight is 326 g/mol. The van der Waals surface area contributed by atoms with Gasteiger partial charge in [-0.25, -0.2) is 13.6 Å². The Balaban J connectivity index is 2.12. The second-order valence-corrected chi connectivity index (χ2v) is 6.94. The number of benzene rings is 1. The number of carbonyl (C=O) groups excluding carboxylic acids is 1. The third-order valence-electron chi connectivity index (χ3n) is 3.76. The number of hydrogen-bond acceptors (Lipinski definition) is 4. The second-order valence-electron chi connectivity index (χ2n) is 5.37. The molecule has 1 saturated carbocycles. The number of sulfonamides is 1. The van der Waals surface area contributed by atoms with Crippen molar-refractivity contribution in [2.45, 2.75) is 30.7 Å². The van der Waals surface area contributed by atoms with Gasteiger partial charge in [0.05, 0.1) is 22.8 Å². The molecular formula is C14H18N2O5S. The highest BCUT2D eigenvalue weighted by molar-refractivity contribution is 7.89. The van der Waals surface area contributed by atoms with E-state index in [-0.39, 0.29) is 16.8 Å². The van der Waals surface area contributed by atoms with Crippen molar-refractivity contribution in [3.05, 3.63) is 29.8 Å². The fourth-order valence-electron chi connectivity index (χ4n) is 2.37. The summed E-state index contributed by atoms with van der Waals surface area (Å²) in [6.07, 6.45) is 0.888. The number of primary sulfonamides is 1. The molecule has 1 aliphatic carbocycles. The van der Waals surface area contributed by atoms with E-state index in [2.05, 4.69) is 5.32 Å². The normalized spacial score (nSPS) is 21.9.